The molecule has 2 heterocycles. The van der Waals surface area contributed by atoms with Gasteiger partial charge in [-0.25, -0.2) is 0 Å². The molecule has 0 radical (unpaired) electrons. The van der Waals surface area contributed by atoms with Gasteiger partial charge in [-0.15, -0.1) is 0 Å². The lowest BCUT2D eigenvalue weighted by molar-refractivity contribution is -0.141. The molecule has 0 bridgehead atoms. The molecule has 0 aromatic rings. The monoisotopic (exact) mass is 199 g/mol. The minimum Gasteiger partial charge on any atom is -0.481 e. The van der Waals surface area contributed by atoms with Crippen LogP contribution in [0.1, 0.15) is 19.3 Å². The predicted molar refractivity (Wildman–Crippen MR) is 51.2 cm³/mol. The molecule has 2 atom stereocenters. The van der Waals surface area contributed by atoms with Crippen molar-refractivity contribution in [3.05, 3.63) is 0 Å². The van der Waals surface area contributed by atoms with E-state index < -0.39 is 5.97 Å². The fraction of sp³-hybridized carbons (Fsp3) is 0.900. The fourth-order valence-corrected chi connectivity index (χ4v) is 2.28. The Hall–Kier alpha value is -0.610. The normalized spacial score (nSPS) is 33.7. The van der Waals surface area contributed by atoms with Crippen molar-refractivity contribution in [2.75, 3.05) is 26.2 Å². The maximum absolute atomic E-state index is 10.7. The summed E-state index contributed by atoms with van der Waals surface area (Å²) in [6.07, 6.45) is 3.43. The van der Waals surface area contributed by atoms with Gasteiger partial charge in [-0.2, -0.15) is 0 Å². The average molecular weight is 199 g/mol. The fourth-order valence-electron chi connectivity index (χ4n) is 2.28. The van der Waals surface area contributed by atoms with Crippen LogP contribution in [0.5, 0.6) is 0 Å². The summed E-state index contributed by atoms with van der Waals surface area (Å²) in [5.74, 6) is -0.809. The van der Waals surface area contributed by atoms with E-state index in [1.807, 2.05) is 0 Å². The minimum atomic E-state index is -0.653. The van der Waals surface area contributed by atoms with Gasteiger partial charge in [0.25, 0.3) is 0 Å². The van der Waals surface area contributed by atoms with Crippen molar-refractivity contribution in [3.8, 4) is 0 Å². The summed E-state index contributed by atoms with van der Waals surface area (Å²) in [6, 6.07) is 0. The summed E-state index contributed by atoms with van der Waals surface area (Å²) in [5, 5.41) is 8.83. The van der Waals surface area contributed by atoms with Crippen LogP contribution < -0.4 is 0 Å². The van der Waals surface area contributed by atoms with Crippen LogP contribution in [-0.2, 0) is 9.53 Å². The molecule has 14 heavy (non-hydrogen) atoms. The highest BCUT2D eigenvalue weighted by atomic mass is 16.5. The van der Waals surface area contributed by atoms with Crippen LogP contribution in [0.2, 0.25) is 0 Å². The Kier molecular flexibility index (Phi) is 3.03. The molecule has 2 aliphatic heterocycles. The van der Waals surface area contributed by atoms with Gasteiger partial charge >= 0.3 is 5.97 Å². The molecule has 4 nitrogen and oxygen atoms in total. The summed E-state index contributed by atoms with van der Waals surface area (Å²) in [4.78, 5) is 12.9. The first kappa shape index (κ1) is 9.93. The summed E-state index contributed by atoms with van der Waals surface area (Å²) in [7, 11) is 0. The first-order valence-corrected chi connectivity index (χ1v) is 5.32. The van der Waals surface area contributed by atoms with E-state index in [2.05, 4.69) is 4.90 Å². The highest BCUT2D eigenvalue weighted by molar-refractivity contribution is 5.70. The number of rotatable bonds is 3. The number of likely N-dealkylation sites (tertiary alicyclic amines) is 1. The van der Waals surface area contributed by atoms with Crippen molar-refractivity contribution in [2.45, 2.75) is 25.4 Å². The van der Waals surface area contributed by atoms with E-state index in [1.54, 1.807) is 0 Å². The Labute approximate surface area is 83.8 Å². The molecule has 2 saturated heterocycles. The molecule has 0 aliphatic carbocycles. The molecule has 0 amide bonds. The van der Waals surface area contributed by atoms with E-state index in [0.717, 1.165) is 39.0 Å². The molecule has 0 saturated carbocycles. The molecule has 1 N–H and O–H groups in total. The zero-order chi connectivity index (χ0) is 9.97. The van der Waals surface area contributed by atoms with Crippen molar-refractivity contribution >= 4 is 5.97 Å². The standard InChI is InChI=1S/C10H17NO3/c12-10(13)8-3-4-11(6-8)7-9-2-1-5-14-9/h8-9H,1-7H2,(H,12,13)/t8-,9-/m0/s1. The second kappa shape index (κ2) is 4.28. The first-order chi connectivity index (χ1) is 6.75. The van der Waals surface area contributed by atoms with Crippen LogP contribution in [-0.4, -0.2) is 48.3 Å². The summed E-state index contributed by atoms with van der Waals surface area (Å²) in [5.41, 5.74) is 0. The number of ether oxygens (including phenoxy) is 1. The van der Waals surface area contributed by atoms with Crippen LogP contribution in [0.3, 0.4) is 0 Å². The van der Waals surface area contributed by atoms with Crippen LogP contribution in [0, 0.1) is 5.92 Å². The highest BCUT2D eigenvalue weighted by Gasteiger charge is 2.30. The van der Waals surface area contributed by atoms with Gasteiger partial charge in [-0.05, 0) is 25.8 Å². The third-order valence-electron chi connectivity index (χ3n) is 3.11. The quantitative estimate of drug-likeness (QED) is 0.722. The average Bonchev–Trinajstić information content (AvgIpc) is 2.75. The zero-order valence-electron chi connectivity index (χ0n) is 8.32. The summed E-state index contributed by atoms with van der Waals surface area (Å²) < 4.78 is 5.52. The molecule has 0 aromatic heterocycles. The van der Waals surface area contributed by atoms with E-state index in [1.165, 1.54) is 0 Å². The number of aliphatic carboxylic acids is 1. The van der Waals surface area contributed by atoms with Crippen molar-refractivity contribution in [2.24, 2.45) is 5.92 Å². The number of hydrogen-bond donors (Lipinski definition) is 1. The summed E-state index contributed by atoms with van der Waals surface area (Å²) in [6.45, 7) is 3.41. The third-order valence-corrected chi connectivity index (χ3v) is 3.11. The van der Waals surface area contributed by atoms with Crippen molar-refractivity contribution in [1.82, 2.24) is 4.90 Å². The van der Waals surface area contributed by atoms with Gasteiger partial charge in [0.1, 0.15) is 0 Å². The molecule has 2 rings (SSSR count). The minimum absolute atomic E-state index is 0.156. The van der Waals surface area contributed by atoms with Gasteiger partial charge in [0.15, 0.2) is 0 Å². The number of carboxylic acid groups (broad SMARTS) is 1. The van der Waals surface area contributed by atoms with E-state index in [9.17, 15) is 4.79 Å². The highest BCUT2D eigenvalue weighted by Crippen LogP contribution is 2.20. The summed E-state index contributed by atoms with van der Waals surface area (Å²) >= 11 is 0. The van der Waals surface area contributed by atoms with Crippen LogP contribution in [0.4, 0.5) is 0 Å². The van der Waals surface area contributed by atoms with Gasteiger partial charge in [0.2, 0.25) is 0 Å². The molecular formula is C10H17NO3. The van der Waals surface area contributed by atoms with E-state index >= 15 is 0 Å². The number of carbonyl (C=O) groups is 1. The molecule has 2 fully saturated rings. The Balaban J connectivity index is 1.75. The SMILES string of the molecule is O=C(O)[C@H]1CCN(C[C@@H]2CCCO2)C1. The Bertz CT molecular complexity index is 213. The Morgan fingerprint density at radius 3 is 2.93 bits per heavy atom. The predicted octanol–water partition coefficient (Wildman–Crippen LogP) is 0.572. The second-order valence-corrected chi connectivity index (χ2v) is 4.22. The first-order valence-electron chi connectivity index (χ1n) is 5.32. The van der Waals surface area contributed by atoms with Gasteiger partial charge in [0.05, 0.1) is 12.0 Å². The molecule has 0 unspecified atom stereocenters. The molecule has 2 aliphatic rings. The maximum Gasteiger partial charge on any atom is 0.307 e. The van der Waals surface area contributed by atoms with E-state index in [0.29, 0.717) is 12.6 Å². The van der Waals surface area contributed by atoms with Gasteiger partial charge in [0, 0.05) is 19.7 Å². The van der Waals surface area contributed by atoms with Gasteiger partial charge < -0.3 is 9.84 Å². The number of hydrogen-bond acceptors (Lipinski definition) is 3. The topological polar surface area (TPSA) is 49.8 Å². The van der Waals surface area contributed by atoms with Crippen LogP contribution in [0.15, 0.2) is 0 Å². The number of nitrogens with zero attached hydrogens (tertiary/aromatic N) is 1. The molecule has 0 spiro atoms. The lowest BCUT2D eigenvalue weighted by Crippen LogP contribution is -2.31. The van der Waals surface area contributed by atoms with Crippen molar-refractivity contribution in [3.63, 3.8) is 0 Å². The Morgan fingerprint density at radius 1 is 1.50 bits per heavy atom. The van der Waals surface area contributed by atoms with E-state index in [4.69, 9.17) is 9.84 Å². The largest absolute Gasteiger partial charge is 0.481 e. The molecular weight excluding hydrogens is 182 g/mol. The number of carboxylic acids is 1. The Morgan fingerprint density at radius 2 is 2.36 bits per heavy atom. The third kappa shape index (κ3) is 2.25. The van der Waals surface area contributed by atoms with E-state index in [-0.39, 0.29) is 5.92 Å². The second-order valence-electron chi connectivity index (χ2n) is 4.22. The molecule has 4 heteroatoms. The van der Waals surface area contributed by atoms with Crippen molar-refractivity contribution < 1.29 is 14.6 Å². The molecule has 80 valence electrons. The zero-order valence-corrected chi connectivity index (χ0v) is 8.32. The lowest BCUT2D eigenvalue weighted by atomic mass is 10.1. The van der Waals surface area contributed by atoms with Crippen LogP contribution in [0.25, 0.3) is 0 Å². The van der Waals surface area contributed by atoms with Crippen molar-refractivity contribution in [1.29, 1.82) is 0 Å². The smallest absolute Gasteiger partial charge is 0.307 e. The molecule has 0 aromatic carbocycles. The lowest BCUT2D eigenvalue weighted by Gasteiger charge is -2.19. The maximum atomic E-state index is 10.7. The van der Waals surface area contributed by atoms with Gasteiger partial charge in [-0.1, -0.05) is 0 Å². The van der Waals surface area contributed by atoms with Crippen LogP contribution >= 0.6 is 0 Å². The van der Waals surface area contributed by atoms with Gasteiger partial charge in [-0.3, -0.25) is 9.69 Å².